The molecular formula is C26H26O2Si2. The molecule has 0 aliphatic rings. The van der Waals surface area contributed by atoms with Crippen LogP contribution in [0.2, 0.25) is 0 Å². The Kier molecular flexibility index (Phi) is 6.10. The quantitative estimate of drug-likeness (QED) is 0.257. The number of rotatable bonds is 10. The fourth-order valence-corrected chi connectivity index (χ4v) is 5.81. The van der Waals surface area contributed by atoms with Gasteiger partial charge in [-0.25, -0.2) is 0 Å². The van der Waals surface area contributed by atoms with Crippen molar-refractivity contribution >= 4 is 38.2 Å². The lowest BCUT2D eigenvalue weighted by Crippen LogP contribution is -2.35. The predicted octanol–water partition coefficient (Wildman–Crippen LogP) is 6.99. The molecule has 30 heavy (non-hydrogen) atoms. The van der Waals surface area contributed by atoms with Crippen LogP contribution in [-0.2, 0) is 0 Å². The van der Waals surface area contributed by atoms with E-state index in [-0.39, 0.29) is 0 Å². The van der Waals surface area contributed by atoms with Gasteiger partial charge < -0.3 is 8.85 Å². The van der Waals surface area contributed by atoms with Crippen LogP contribution in [0, 0.1) is 0 Å². The molecule has 150 valence electrons. The molecule has 0 spiro atoms. The molecule has 0 N–H and O–H groups in total. The van der Waals surface area contributed by atoms with E-state index in [1.54, 1.807) is 0 Å². The van der Waals surface area contributed by atoms with E-state index in [1.807, 2.05) is 58.5 Å². The van der Waals surface area contributed by atoms with E-state index >= 15 is 0 Å². The van der Waals surface area contributed by atoms with Crippen LogP contribution < -0.4 is 8.85 Å². The first-order valence-corrected chi connectivity index (χ1v) is 13.9. The van der Waals surface area contributed by atoms with Crippen LogP contribution in [0.3, 0.4) is 0 Å². The Bertz CT molecular complexity index is 1040. The zero-order valence-corrected chi connectivity index (χ0v) is 19.1. The number of fused-ring (bicyclic) bond motifs is 2. The summed E-state index contributed by atoms with van der Waals surface area (Å²) in [6.07, 6.45) is 0. The Morgan fingerprint density at radius 2 is 0.800 bits per heavy atom. The SMILES string of the molecule is C=C[Si](C=C)(C=C)Oc1ccc2cc3ccc(O[Si](C=C)(C=C)C=C)cc3cc2c1. The Balaban J connectivity index is 2.04. The molecule has 0 radical (unpaired) electrons. The van der Waals surface area contributed by atoms with Crippen molar-refractivity contribution in [3.63, 3.8) is 0 Å². The van der Waals surface area contributed by atoms with Gasteiger partial charge in [0.15, 0.2) is 0 Å². The smallest absolute Gasteiger partial charge is 0.323 e. The highest BCUT2D eigenvalue weighted by Gasteiger charge is 2.26. The maximum absolute atomic E-state index is 6.24. The third kappa shape index (κ3) is 4.01. The van der Waals surface area contributed by atoms with Gasteiger partial charge in [0.05, 0.1) is 0 Å². The highest BCUT2D eigenvalue weighted by molar-refractivity contribution is 6.88. The van der Waals surface area contributed by atoms with Crippen LogP contribution >= 0.6 is 0 Å². The molecule has 3 aromatic carbocycles. The van der Waals surface area contributed by atoms with Gasteiger partial charge in [-0.2, -0.15) is 0 Å². The van der Waals surface area contributed by atoms with E-state index < -0.39 is 16.6 Å². The maximum Gasteiger partial charge on any atom is 0.323 e. The molecule has 0 unspecified atom stereocenters. The molecule has 2 nitrogen and oxygen atoms in total. The molecule has 0 aliphatic carbocycles. The van der Waals surface area contributed by atoms with E-state index in [0.717, 1.165) is 33.0 Å². The molecule has 0 saturated heterocycles. The van der Waals surface area contributed by atoms with E-state index in [0.29, 0.717) is 0 Å². The Morgan fingerprint density at radius 3 is 1.13 bits per heavy atom. The summed E-state index contributed by atoms with van der Waals surface area (Å²) in [7, 11) is -4.80. The van der Waals surface area contributed by atoms with Gasteiger partial charge in [-0.1, -0.05) is 46.3 Å². The standard InChI is InChI=1S/C26H26O2Si2/c1-7-29(8-2,9-3)27-25-15-13-21-17-22-14-16-26(20-24(22)18-23(21)19-25)28-30(10-4,11-5)12-6/h7-20H,1-6H2. The highest BCUT2D eigenvalue weighted by Crippen LogP contribution is 2.30. The number of hydrogen-bond donors (Lipinski definition) is 0. The molecule has 0 saturated carbocycles. The number of benzene rings is 3. The topological polar surface area (TPSA) is 18.5 Å². The first-order valence-electron chi connectivity index (χ1n) is 9.63. The lowest BCUT2D eigenvalue weighted by Gasteiger charge is -2.22. The minimum atomic E-state index is -2.40. The van der Waals surface area contributed by atoms with E-state index in [9.17, 15) is 0 Å². The van der Waals surface area contributed by atoms with Gasteiger partial charge in [-0.05, 0) is 57.9 Å². The van der Waals surface area contributed by atoms with Crippen LogP contribution in [0.1, 0.15) is 0 Å². The molecule has 0 atom stereocenters. The van der Waals surface area contributed by atoms with E-state index in [4.69, 9.17) is 8.85 Å². The van der Waals surface area contributed by atoms with Crippen LogP contribution in [0.15, 0.2) is 122 Å². The van der Waals surface area contributed by atoms with Crippen molar-refractivity contribution in [2.45, 2.75) is 0 Å². The van der Waals surface area contributed by atoms with Crippen LogP contribution in [-0.4, -0.2) is 16.6 Å². The fraction of sp³-hybridized carbons (Fsp3) is 0. The van der Waals surface area contributed by atoms with Gasteiger partial charge in [0, 0.05) is 0 Å². The minimum Gasteiger partial charge on any atom is -0.532 e. The van der Waals surface area contributed by atoms with Gasteiger partial charge >= 0.3 is 16.6 Å². The second-order valence-electron chi connectivity index (χ2n) is 7.01. The van der Waals surface area contributed by atoms with Crippen LogP contribution in [0.4, 0.5) is 0 Å². The molecule has 0 aromatic heterocycles. The zero-order valence-electron chi connectivity index (χ0n) is 17.1. The third-order valence-corrected chi connectivity index (χ3v) is 10.2. The summed E-state index contributed by atoms with van der Waals surface area (Å²) in [6.45, 7) is 23.4. The molecule has 3 aromatic rings. The lowest BCUT2D eigenvalue weighted by atomic mass is 10.0. The summed E-state index contributed by atoms with van der Waals surface area (Å²) < 4.78 is 12.5. The van der Waals surface area contributed by atoms with Crippen molar-refractivity contribution < 1.29 is 8.85 Å². The first-order chi connectivity index (χ1) is 14.5. The lowest BCUT2D eigenvalue weighted by molar-refractivity contribution is 0.575. The molecule has 0 heterocycles. The third-order valence-electron chi connectivity index (χ3n) is 5.24. The maximum atomic E-state index is 6.24. The molecule has 0 amide bonds. The Labute approximate surface area is 180 Å². The summed E-state index contributed by atoms with van der Waals surface area (Å²) >= 11 is 0. The molecule has 3 rings (SSSR count). The van der Waals surface area contributed by atoms with Crippen molar-refractivity contribution in [1.29, 1.82) is 0 Å². The summed E-state index contributed by atoms with van der Waals surface area (Å²) in [6, 6.07) is 16.5. The monoisotopic (exact) mass is 426 g/mol. The molecular weight excluding hydrogens is 400 g/mol. The van der Waals surface area contributed by atoms with Crippen molar-refractivity contribution in [1.82, 2.24) is 0 Å². The average Bonchev–Trinajstić information content (AvgIpc) is 2.79. The largest absolute Gasteiger partial charge is 0.532 e. The zero-order chi connectivity index (χ0) is 21.8. The Hall–Kier alpha value is -3.35. The Morgan fingerprint density at radius 1 is 0.467 bits per heavy atom. The summed E-state index contributed by atoms with van der Waals surface area (Å²) in [5, 5.41) is 4.44. The fourth-order valence-electron chi connectivity index (χ4n) is 3.24. The summed E-state index contributed by atoms with van der Waals surface area (Å²) in [5.41, 5.74) is 10.9. The minimum absolute atomic E-state index is 0.775. The van der Waals surface area contributed by atoms with Gasteiger partial charge in [0.2, 0.25) is 0 Å². The number of hydrogen-bond acceptors (Lipinski definition) is 2. The van der Waals surface area contributed by atoms with Crippen molar-refractivity contribution in [3.8, 4) is 11.5 Å². The second kappa shape index (κ2) is 8.57. The second-order valence-corrected chi connectivity index (χ2v) is 13.3. The predicted molar refractivity (Wildman–Crippen MR) is 135 cm³/mol. The van der Waals surface area contributed by atoms with Crippen molar-refractivity contribution in [2.24, 2.45) is 0 Å². The van der Waals surface area contributed by atoms with Gasteiger partial charge in [0.1, 0.15) is 11.5 Å². The normalized spacial score (nSPS) is 11.5. The summed E-state index contributed by atoms with van der Waals surface area (Å²) in [4.78, 5) is 0. The van der Waals surface area contributed by atoms with Gasteiger partial charge in [-0.15, -0.1) is 39.5 Å². The average molecular weight is 427 g/mol. The molecule has 0 bridgehead atoms. The van der Waals surface area contributed by atoms with E-state index in [2.05, 4.69) is 63.7 Å². The van der Waals surface area contributed by atoms with E-state index in [1.165, 1.54) is 0 Å². The van der Waals surface area contributed by atoms with Gasteiger partial charge in [-0.3, -0.25) is 0 Å². The van der Waals surface area contributed by atoms with Crippen molar-refractivity contribution in [2.75, 3.05) is 0 Å². The molecule has 0 aliphatic heterocycles. The van der Waals surface area contributed by atoms with Crippen LogP contribution in [0.25, 0.3) is 21.5 Å². The van der Waals surface area contributed by atoms with Crippen LogP contribution in [0.5, 0.6) is 11.5 Å². The van der Waals surface area contributed by atoms with Gasteiger partial charge in [0.25, 0.3) is 0 Å². The molecule has 0 fully saturated rings. The molecule has 4 heteroatoms. The van der Waals surface area contributed by atoms with Crippen molar-refractivity contribution in [3.05, 3.63) is 122 Å². The highest BCUT2D eigenvalue weighted by atomic mass is 28.4. The summed E-state index contributed by atoms with van der Waals surface area (Å²) in [5.74, 6) is 1.55. The first kappa shape index (κ1) is 21.4.